The Morgan fingerprint density at radius 2 is 1.40 bits per heavy atom. The first-order valence-corrected chi connectivity index (χ1v) is 10.7. The summed E-state index contributed by atoms with van der Waals surface area (Å²) in [6, 6.07) is 10.0. The average molecular weight is 413 g/mol. The third-order valence-corrected chi connectivity index (χ3v) is 6.03. The van der Waals surface area contributed by atoms with Crippen molar-refractivity contribution in [3.05, 3.63) is 41.5 Å². The van der Waals surface area contributed by atoms with Crippen LogP contribution in [0.4, 0.5) is 0 Å². The minimum atomic E-state index is 0.668. The molecule has 2 heterocycles. The number of likely N-dealkylation sites (tertiary alicyclic amines) is 1. The largest absolute Gasteiger partial charge is 0.497 e. The van der Waals surface area contributed by atoms with E-state index < -0.39 is 0 Å². The van der Waals surface area contributed by atoms with E-state index in [1.165, 1.54) is 32.4 Å². The van der Waals surface area contributed by atoms with Gasteiger partial charge in [-0.2, -0.15) is 0 Å². The van der Waals surface area contributed by atoms with Gasteiger partial charge in [0.1, 0.15) is 17.2 Å². The molecular weight excluding hydrogens is 380 g/mol. The van der Waals surface area contributed by atoms with Crippen LogP contribution in [-0.4, -0.2) is 57.3 Å². The van der Waals surface area contributed by atoms with Crippen molar-refractivity contribution in [2.24, 2.45) is 0 Å². The maximum absolute atomic E-state index is 6.36. The van der Waals surface area contributed by atoms with Crippen LogP contribution in [-0.2, 0) is 13.1 Å². The third-order valence-electron chi connectivity index (χ3n) is 6.03. The van der Waals surface area contributed by atoms with E-state index in [4.69, 9.17) is 18.9 Å². The number of hydrogen-bond acceptors (Lipinski definition) is 6. The molecule has 0 unspecified atom stereocenters. The molecule has 162 valence electrons. The highest BCUT2D eigenvalue weighted by Gasteiger charge is 2.22. The van der Waals surface area contributed by atoms with Crippen LogP contribution < -0.4 is 18.9 Å². The second kappa shape index (κ2) is 9.58. The monoisotopic (exact) mass is 412 g/mol. The fourth-order valence-corrected chi connectivity index (χ4v) is 4.29. The highest BCUT2D eigenvalue weighted by atomic mass is 16.5. The summed E-state index contributed by atoms with van der Waals surface area (Å²) < 4.78 is 22.8. The molecule has 0 spiro atoms. The molecule has 30 heavy (non-hydrogen) atoms. The molecule has 1 saturated heterocycles. The molecule has 6 heteroatoms. The molecule has 0 aromatic heterocycles. The van der Waals surface area contributed by atoms with E-state index in [9.17, 15) is 0 Å². The lowest BCUT2D eigenvalue weighted by Crippen LogP contribution is -2.37. The summed E-state index contributed by atoms with van der Waals surface area (Å²) in [5.74, 6) is 3.80. The molecule has 6 nitrogen and oxygen atoms in total. The van der Waals surface area contributed by atoms with Crippen LogP contribution in [0.15, 0.2) is 30.3 Å². The van der Waals surface area contributed by atoms with E-state index in [1.54, 1.807) is 21.3 Å². The highest BCUT2D eigenvalue weighted by Crippen LogP contribution is 2.40. The lowest BCUT2D eigenvalue weighted by molar-refractivity contribution is 0.170. The number of ether oxygens (including phenoxy) is 4. The number of rotatable bonds is 6. The number of hydrogen-bond donors (Lipinski definition) is 0. The van der Waals surface area contributed by atoms with Crippen LogP contribution >= 0.6 is 0 Å². The zero-order chi connectivity index (χ0) is 20.9. The Kier molecular flexibility index (Phi) is 6.65. The normalized spacial score (nSPS) is 17.2. The molecular formula is C24H32N2O4. The van der Waals surface area contributed by atoms with Gasteiger partial charge in [-0.3, -0.25) is 4.90 Å². The summed E-state index contributed by atoms with van der Waals surface area (Å²) in [6.45, 7) is 6.17. The van der Waals surface area contributed by atoms with E-state index in [2.05, 4.69) is 15.9 Å². The maximum Gasteiger partial charge on any atom is 0.164 e. The van der Waals surface area contributed by atoms with Crippen molar-refractivity contribution in [3.63, 3.8) is 0 Å². The molecule has 1 fully saturated rings. The number of nitrogens with zero attached hydrogens (tertiary/aromatic N) is 2. The Morgan fingerprint density at radius 1 is 0.733 bits per heavy atom. The van der Waals surface area contributed by atoms with E-state index in [1.807, 2.05) is 24.3 Å². The van der Waals surface area contributed by atoms with Gasteiger partial charge in [-0.15, -0.1) is 0 Å². The predicted octanol–water partition coefficient (Wildman–Crippen LogP) is 4.31. The predicted molar refractivity (Wildman–Crippen MR) is 117 cm³/mol. The SMILES string of the molecule is COc1ccc2c(c1)Oc1cc(OC)c(OC)cc1CN(CCN1CCCCC1)C2. The van der Waals surface area contributed by atoms with Gasteiger partial charge in [-0.05, 0) is 38.1 Å². The van der Waals surface area contributed by atoms with Crippen LogP contribution in [0.1, 0.15) is 30.4 Å². The first kappa shape index (κ1) is 20.8. The Balaban J connectivity index is 1.65. The van der Waals surface area contributed by atoms with Gasteiger partial charge in [0.2, 0.25) is 0 Å². The van der Waals surface area contributed by atoms with Crippen molar-refractivity contribution in [2.45, 2.75) is 32.4 Å². The third kappa shape index (κ3) is 4.65. The molecule has 2 aromatic carbocycles. The molecule has 0 atom stereocenters. The summed E-state index contributed by atoms with van der Waals surface area (Å²) in [7, 11) is 4.99. The Bertz CT molecular complexity index is 865. The first-order valence-electron chi connectivity index (χ1n) is 10.7. The summed E-state index contributed by atoms with van der Waals surface area (Å²) >= 11 is 0. The van der Waals surface area contributed by atoms with Crippen LogP contribution in [0, 0.1) is 0 Å². The van der Waals surface area contributed by atoms with Crippen molar-refractivity contribution < 1.29 is 18.9 Å². The maximum atomic E-state index is 6.36. The first-order chi connectivity index (χ1) is 14.7. The Morgan fingerprint density at radius 3 is 2.13 bits per heavy atom. The van der Waals surface area contributed by atoms with E-state index in [0.29, 0.717) is 5.75 Å². The number of benzene rings is 2. The lowest BCUT2D eigenvalue weighted by Gasteiger charge is -2.32. The Hall–Kier alpha value is -2.44. The molecule has 2 aromatic rings. The molecule has 0 amide bonds. The van der Waals surface area contributed by atoms with Crippen molar-refractivity contribution in [3.8, 4) is 28.7 Å². The standard InChI is InChI=1S/C24H32N2O4/c1-27-20-8-7-18-16-26(12-11-25-9-5-4-6-10-25)17-19-13-23(28-2)24(29-3)15-22(19)30-21(18)14-20/h7-8,13-15H,4-6,9-12,16-17H2,1-3H3. The number of methoxy groups -OCH3 is 3. The quantitative estimate of drug-likeness (QED) is 0.705. The highest BCUT2D eigenvalue weighted by molar-refractivity contribution is 5.53. The molecule has 0 aliphatic carbocycles. The van der Waals surface area contributed by atoms with Crippen LogP contribution in [0.3, 0.4) is 0 Å². The van der Waals surface area contributed by atoms with E-state index >= 15 is 0 Å². The second-order valence-electron chi connectivity index (χ2n) is 8.00. The summed E-state index contributed by atoms with van der Waals surface area (Å²) in [5.41, 5.74) is 2.26. The van der Waals surface area contributed by atoms with Gasteiger partial charge in [0.25, 0.3) is 0 Å². The van der Waals surface area contributed by atoms with Gasteiger partial charge in [0.05, 0.1) is 21.3 Å². The molecule has 0 bridgehead atoms. The van der Waals surface area contributed by atoms with Gasteiger partial charge in [0.15, 0.2) is 11.5 Å². The second-order valence-corrected chi connectivity index (χ2v) is 8.00. The summed E-state index contributed by atoms with van der Waals surface area (Å²) in [4.78, 5) is 5.08. The molecule has 2 aliphatic rings. The van der Waals surface area contributed by atoms with E-state index in [0.717, 1.165) is 60.3 Å². The van der Waals surface area contributed by atoms with Crippen molar-refractivity contribution in [1.29, 1.82) is 0 Å². The topological polar surface area (TPSA) is 43.4 Å². The number of piperidine rings is 1. The minimum absolute atomic E-state index is 0.668. The summed E-state index contributed by atoms with van der Waals surface area (Å²) in [5, 5.41) is 0. The average Bonchev–Trinajstić information content (AvgIpc) is 2.78. The Labute approximate surface area is 179 Å². The van der Waals surface area contributed by atoms with Gasteiger partial charge < -0.3 is 23.8 Å². The minimum Gasteiger partial charge on any atom is -0.497 e. The molecule has 2 aliphatic heterocycles. The van der Waals surface area contributed by atoms with Crippen molar-refractivity contribution in [2.75, 3.05) is 47.5 Å². The van der Waals surface area contributed by atoms with Crippen molar-refractivity contribution >= 4 is 0 Å². The van der Waals surface area contributed by atoms with Crippen molar-refractivity contribution in [1.82, 2.24) is 9.80 Å². The lowest BCUT2D eigenvalue weighted by atomic mass is 10.1. The van der Waals surface area contributed by atoms with Gasteiger partial charge in [-0.25, -0.2) is 0 Å². The molecule has 0 N–H and O–H groups in total. The molecule has 0 radical (unpaired) electrons. The van der Waals surface area contributed by atoms with Gasteiger partial charge in [0, 0.05) is 49.4 Å². The van der Waals surface area contributed by atoms with Crippen LogP contribution in [0.5, 0.6) is 28.7 Å². The van der Waals surface area contributed by atoms with Crippen LogP contribution in [0.2, 0.25) is 0 Å². The molecule has 0 saturated carbocycles. The smallest absolute Gasteiger partial charge is 0.164 e. The zero-order valence-electron chi connectivity index (χ0n) is 18.3. The zero-order valence-corrected chi connectivity index (χ0v) is 18.3. The van der Waals surface area contributed by atoms with Gasteiger partial charge >= 0.3 is 0 Å². The fourth-order valence-electron chi connectivity index (χ4n) is 4.29. The number of fused-ring (bicyclic) bond motifs is 2. The fraction of sp³-hybridized carbons (Fsp3) is 0.500. The van der Waals surface area contributed by atoms with Crippen LogP contribution in [0.25, 0.3) is 0 Å². The molecule has 4 rings (SSSR count). The summed E-state index contributed by atoms with van der Waals surface area (Å²) in [6.07, 6.45) is 3.99. The van der Waals surface area contributed by atoms with E-state index in [-0.39, 0.29) is 0 Å². The van der Waals surface area contributed by atoms with Gasteiger partial charge in [-0.1, -0.05) is 12.5 Å².